The number of nitrogens with one attached hydrogen (secondary N) is 2. The number of anilines is 2. The first-order valence-corrected chi connectivity index (χ1v) is 13.8. The average Bonchev–Trinajstić information content (AvgIpc) is 3.32. The van der Waals surface area contributed by atoms with E-state index >= 15 is 0 Å². The number of ether oxygens (including phenoxy) is 1. The van der Waals surface area contributed by atoms with Gasteiger partial charge >= 0.3 is 5.97 Å². The van der Waals surface area contributed by atoms with Crippen LogP contribution in [0.5, 0.6) is 0 Å². The first-order valence-electron chi connectivity index (χ1n) is 11.2. The predicted molar refractivity (Wildman–Crippen MR) is 146 cm³/mol. The van der Waals surface area contributed by atoms with Crippen LogP contribution in [0.15, 0.2) is 89.1 Å². The second-order valence-corrected chi connectivity index (χ2v) is 11.8. The fourth-order valence-electron chi connectivity index (χ4n) is 3.53. The number of hydrogen-bond acceptors (Lipinski definition) is 6. The van der Waals surface area contributed by atoms with Crippen molar-refractivity contribution in [1.82, 2.24) is 0 Å². The van der Waals surface area contributed by atoms with Crippen LogP contribution < -0.4 is 10.0 Å². The number of benzene rings is 3. The van der Waals surface area contributed by atoms with Gasteiger partial charge < -0.3 is 10.1 Å². The number of halogens is 1. The van der Waals surface area contributed by atoms with Crippen molar-refractivity contribution in [3.05, 3.63) is 112 Å². The highest BCUT2D eigenvalue weighted by atomic mass is 35.5. The van der Waals surface area contributed by atoms with Gasteiger partial charge in [0.25, 0.3) is 15.9 Å². The van der Waals surface area contributed by atoms with Gasteiger partial charge in [-0.2, -0.15) is 0 Å². The van der Waals surface area contributed by atoms with E-state index in [1.165, 1.54) is 24.3 Å². The summed E-state index contributed by atoms with van der Waals surface area (Å²) in [4.78, 5) is 26.6. The van der Waals surface area contributed by atoms with Crippen molar-refractivity contribution in [1.29, 1.82) is 0 Å². The molecule has 0 bridgehead atoms. The third-order valence-electron chi connectivity index (χ3n) is 5.42. The third kappa shape index (κ3) is 6.37. The lowest BCUT2D eigenvalue weighted by Gasteiger charge is -2.20. The molecule has 10 heteroatoms. The molecule has 3 aromatic carbocycles. The van der Waals surface area contributed by atoms with E-state index in [2.05, 4.69) is 10.0 Å². The van der Waals surface area contributed by atoms with E-state index in [1.54, 1.807) is 42.5 Å². The Kier molecular flexibility index (Phi) is 7.97. The van der Waals surface area contributed by atoms with E-state index in [1.807, 2.05) is 32.0 Å². The summed E-state index contributed by atoms with van der Waals surface area (Å²) in [6.07, 6.45) is -1.28. The van der Waals surface area contributed by atoms with Crippen molar-refractivity contribution in [3.63, 3.8) is 0 Å². The highest BCUT2D eigenvalue weighted by Gasteiger charge is 2.28. The normalized spacial score (nSPS) is 12.0. The molecule has 1 atom stereocenters. The summed E-state index contributed by atoms with van der Waals surface area (Å²) >= 11 is 6.78. The Balaban J connectivity index is 1.62. The Bertz CT molecular complexity index is 1550. The van der Waals surface area contributed by atoms with Crippen molar-refractivity contribution in [3.8, 4) is 0 Å². The zero-order valence-corrected chi connectivity index (χ0v) is 22.3. The monoisotopic (exact) mass is 554 g/mol. The van der Waals surface area contributed by atoms with Crippen LogP contribution in [0.4, 0.5) is 11.4 Å². The number of rotatable bonds is 8. The van der Waals surface area contributed by atoms with Crippen molar-refractivity contribution in [2.24, 2.45) is 0 Å². The van der Waals surface area contributed by atoms with E-state index in [0.29, 0.717) is 15.6 Å². The molecule has 1 unspecified atom stereocenters. The van der Waals surface area contributed by atoms with Crippen molar-refractivity contribution in [2.45, 2.75) is 24.2 Å². The summed E-state index contributed by atoms with van der Waals surface area (Å²) in [5.41, 5.74) is 2.84. The summed E-state index contributed by atoms with van der Waals surface area (Å²) in [6.45, 7) is 3.77. The zero-order valence-electron chi connectivity index (χ0n) is 19.9. The lowest BCUT2D eigenvalue weighted by molar-refractivity contribution is -0.125. The van der Waals surface area contributed by atoms with Gasteiger partial charge in [0.1, 0.15) is 4.21 Å². The largest absolute Gasteiger partial charge is 0.444 e. The van der Waals surface area contributed by atoms with Gasteiger partial charge in [-0.05, 0) is 55.3 Å². The second-order valence-electron chi connectivity index (χ2n) is 8.21. The molecule has 37 heavy (non-hydrogen) atoms. The highest BCUT2D eigenvalue weighted by molar-refractivity contribution is 7.94. The zero-order chi connectivity index (χ0) is 26.6. The third-order valence-corrected chi connectivity index (χ3v) is 8.51. The SMILES string of the molecule is Cc1ccc(C)c(NC(=O)C(OC(=O)c2ccccc2NS(=O)(=O)c2ccc(Cl)s2)c2ccccc2)c1. The second kappa shape index (κ2) is 11.2. The van der Waals surface area contributed by atoms with Gasteiger partial charge in [0, 0.05) is 11.3 Å². The van der Waals surface area contributed by atoms with Crippen LogP contribution in [0, 0.1) is 13.8 Å². The molecule has 7 nitrogen and oxygen atoms in total. The number of sulfonamides is 1. The molecule has 1 heterocycles. The fraction of sp³-hybridized carbons (Fsp3) is 0.111. The van der Waals surface area contributed by atoms with Gasteiger partial charge in [-0.15, -0.1) is 11.3 Å². The molecule has 0 aliphatic carbocycles. The van der Waals surface area contributed by atoms with Crippen molar-refractivity contribution < 1.29 is 22.7 Å². The van der Waals surface area contributed by atoms with Gasteiger partial charge in [-0.25, -0.2) is 13.2 Å². The van der Waals surface area contributed by atoms with Gasteiger partial charge in [-0.3, -0.25) is 9.52 Å². The maximum atomic E-state index is 13.3. The van der Waals surface area contributed by atoms with E-state index in [9.17, 15) is 18.0 Å². The number of amides is 1. The summed E-state index contributed by atoms with van der Waals surface area (Å²) in [5, 5.41) is 2.84. The lowest BCUT2D eigenvalue weighted by atomic mass is 10.1. The number of carbonyl (C=O) groups excluding carboxylic acids is 2. The van der Waals surface area contributed by atoms with E-state index < -0.39 is 28.0 Å². The number of carbonyl (C=O) groups is 2. The Morgan fingerprint density at radius 2 is 1.59 bits per heavy atom. The topological polar surface area (TPSA) is 102 Å². The minimum Gasteiger partial charge on any atom is -0.444 e. The van der Waals surface area contributed by atoms with Gasteiger partial charge in [0.15, 0.2) is 0 Å². The molecular formula is C27H23ClN2O5S2. The Morgan fingerprint density at radius 3 is 2.30 bits per heavy atom. The molecule has 0 spiro atoms. The smallest absolute Gasteiger partial charge is 0.341 e. The van der Waals surface area contributed by atoms with Gasteiger partial charge in [0.2, 0.25) is 6.10 Å². The van der Waals surface area contributed by atoms with Crippen LogP contribution in [-0.2, 0) is 19.6 Å². The maximum absolute atomic E-state index is 13.3. The maximum Gasteiger partial charge on any atom is 0.341 e. The van der Waals surface area contributed by atoms with Crippen LogP contribution in [-0.4, -0.2) is 20.3 Å². The molecule has 0 radical (unpaired) electrons. The Morgan fingerprint density at radius 1 is 0.892 bits per heavy atom. The van der Waals surface area contributed by atoms with Crippen LogP contribution in [0.3, 0.4) is 0 Å². The molecule has 190 valence electrons. The summed E-state index contributed by atoms with van der Waals surface area (Å²) in [5.74, 6) is -1.41. The fourth-order valence-corrected chi connectivity index (χ4v) is 6.09. The number of aryl methyl sites for hydroxylation is 2. The van der Waals surface area contributed by atoms with Crippen LogP contribution in [0.1, 0.15) is 33.2 Å². The molecule has 1 aromatic heterocycles. The minimum absolute atomic E-state index is 0.00395. The molecule has 0 aliphatic rings. The van der Waals surface area contributed by atoms with E-state index in [4.69, 9.17) is 16.3 Å². The standard InChI is InChI=1S/C27H23ClN2O5S2/c1-17-12-13-18(2)22(16-17)29-26(31)25(19-8-4-3-5-9-19)35-27(32)20-10-6-7-11-21(20)30-37(33,34)24-15-14-23(28)36-24/h3-16,25,30H,1-2H3,(H,29,31). The first-order chi connectivity index (χ1) is 17.6. The van der Waals surface area contributed by atoms with E-state index in [0.717, 1.165) is 22.5 Å². The van der Waals surface area contributed by atoms with Crippen molar-refractivity contribution in [2.75, 3.05) is 10.0 Å². The minimum atomic E-state index is -4.00. The summed E-state index contributed by atoms with van der Waals surface area (Å²) in [6, 6.07) is 23.1. The molecule has 0 saturated heterocycles. The molecule has 1 amide bonds. The molecule has 2 N–H and O–H groups in total. The average molecular weight is 555 g/mol. The Hall–Kier alpha value is -3.66. The van der Waals surface area contributed by atoms with E-state index in [-0.39, 0.29) is 15.5 Å². The van der Waals surface area contributed by atoms with Crippen LogP contribution >= 0.6 is 22.9 Å². The predicted octanol–water partition coefficient (Wildman–Crippen LogP) is 6.36. The highest BCUT2D eigenvalue weighted by Crippen LogP contribution is 2.30. The molecule has 0 saturated carbocycles. The summed E-state index contributed by atoms with van der Waals surface area (Å²) < 4.78 is 34.1. The Labute approximate surface area is 224 Å². The molecule has 0 fully saturated rings. The first kappa shape index (κ1) is 26.4. The molecule has 0 aliphatic heterocycles. The van der Waals surface area contributed by atoms with Crippen LogP contribution in [0.2, 0.25) is 4.34 Å². The number of thiophene rings is 1. The van der Waals surface area contributed by atoms with Crippen LogP contribution in [0.25, 0.3) is 0 Å². The summed E-state index contributed by atoms with van der Waals surface area (Å²) in [7, 11) is -4.00. The van der Waals surface area contributed by atoms with Gasteiger partial charge in [0.05, 0.1) is 15.6 Å². The quantitative estimate of drug-likeness (QED) is 0.247. The van der Waals surface area contributed by atoms with Gasteiger partial charge in [-0.1, -0.05) is 66.2 Å². The molecule has 4 aromatic rings. The van der Waals surface area contributed by atoms with Crippen molar-refractivity contribution >= 4 is 56.2 Å². The number of esters is 1. The molecular weight excluding hydrogens is 532 g/mol. The number of hydrogen-bond donors (Lipinski definition) is 2. The lowest BCUT2D eigenvalue weighted by Crippen LogP contribution is -2.26. The number of para-hydroxylation sites is 1. The molecule has 4 rings (SSSR count).